The van der Waals surface area contributed by atoms with E-state index in [2.05, 4.69) is 19.2 Å². The Balaban J connectivity index is 0.00000128. The van der Waals surface area contributed by atoms with Crippen molar-refractivity contribution in [2.45, 2.75) is 24.6 Å². The molecule has 0 aromatic heterocycles. The van der Waals surface area contributed by atoms with Crippen LogP contribution < -0.4 is 5.32 Å². The summed E-state index contributed by atoms with van der Waals surface area (Å²) in [5, 5.41) is 3.25. The van der Waals surface area contributed by atoms with Crippen molar-refractivity contribution in [2.75, 3.05) is 30.5 Å². The molecule has 1 unspecified atom stereocenters. The summed E-state index contributed by atoms with van der Waals surface area (Å²) in [6.07, 6.45) is 0. The Kier molecular flexibility index (Phi) is 5.29. The minimum absolute atomic E-state index is 0. The summed E-state index contributed by atoms with van der Waals surface area (Å²) in [5.41, 5.74) is 0. The van der Waals surface area contributed by atoms with Gasteiger partial charge < -0.3 is 4.90 Å². The largest absolute Gasteiger partial charge is 0.339 e. The zero-order valence-electron chi connectivity index (χ0n) is 9.69. The van der Waals surface area contributed by atoms with E-state index in [4.69, 9.17) is 0 Å². The van der Waals surface area contributed by atoms with Crippen LogP contribution in [0.25, 0.3) is 0 Å². The predicted octanol–water partition coefficient (Wildman–Crippen LogP) is 1.42. The molecule has 0 aromatic rings. The lowest BCUT2D eigenvalue weighted by Gasteiger charge is -2.38. The van der Waals surface area contributed by atoms with Crippen LogP contribution in [0.5, 0.6) is 0 Å². The molecule has 16 heavy (non-hydrogen) atoms. The number of hydrogen-bond donors (Lipinski definition) is 1. The van der Waals surface area contributed by atoms with Crippen LogP contribution in [0.3, 0.4) is 0 Å². The van der Waals surface area contributed by atoms with Gasteiger partial charge in [0.15, 0.2) is 0 Å². The number of carbonyl (C=O) groups is 1. The van der Waals surface area contributed by atoms with Crippen LogP contribution >= 0.6 is 35.9 Å². The Morgan fingerprint density at radius 3 is 2.81 bits per heavy atom. The molecule has 0 bridgehead atoms. The maximum Gasteiger partial charge on any atom is 0.240 e. The lowest BCUT2D eigenvalue weighted by molar-refractivity contribution is -0.132. The number of carbonyl (C=O) groups excluding carboxylic acids is 1. The van der Waals surface area contributed by atoms with Gasteiger partial charge in [0, 0.05) is 35.2 Å². The van der Waals surface area contributed by atoms with Crippen LogP contribution in [0.1, 0.15) is 13.8 Å². The minimum Gasteiger partial charge on any atom is -0.339 e. The number of thioether (sulfide) groups is 2. The quantitative estimate of drug-likeness (QED) is 0.789. The zero-order chi connectivity index (χ0) is 10.9. The third kappa shape index (κ3) is 3.45. The lowest BCUT2D eigenvalue weighted by Crippen LogP contribution is -2.52. The molecule has 2 aliphatic heterocycles. The zero-order valence-corrected chi connectivity index (χ0v) is 12.1. The van der Waals surface area contributed by atoms with Gasteiger partial charge in [-0.2, -0.15) is 11.8 Å². The van der Waals surface area contributed by atoms with E-state index in [1.807, 2.05) is 28.4 Å². The van der Waals surface area contributed by atoms with E-state index in [-0.39, 0.29) is 23.2 Å². The second-order valence-corrected chi connectivity index (χ2v) is 7.47. The molecule has 1 atom stereocenters. The Morgan fingerprint density at radius 1 is 1.50 bits per heavy atom. The molecule has 3 nitrogen and oxygen atoms in total. The normalized spacial score (nSPS) is 28.6. The van der Waals surface area contributed by atoms with Gasteiger partial charge in [-0.25, -0.2) is 0 Å². The van der Waals surface area contributed by atoms with E-state index in [9.17, 15) is 4.79 Å². The van der Waals surface area contributed by atoms with Gasteiger partial charge in [0.05, 0.1) is 6.04 Å². The predicted molar refractivity (Wildman–Crippen MR) is 74.6 cm³/mol. The molecule has 2 fully saturated rings. The third-order valence-electron chi connectivity index (χ3n) is 2.75. The Labute approximate surface area is 112 Å². The second kappa shape index (κ2) is 5.85. The average Bonchev–Trinajstić information content (AvgIpc) is 2.67. The van der Waals surface area contributed by atoms with Crippen LogP contribution in [-0.4, -0.2) is 52.1 Å². The van der Waals surface area contributed by atoms with E-state index >= 15 is 0 Å². The molecule has 94 valence electrons. The van der Waals surface area contributed by atoms with Crippen molar-refractivity contribution < 1.29 is 4.79 Å². The maximum atomic E-state index is 12.1. The minimum atomic E-state index is 0. The molecular weight excluding hydrogens is 264 g/mol. The number of rotatable bonds is 1. The average molecular weight is 283 g/mol. The van der Waals surface area contributed by atoms with E-state index in [0.717, 1.165) is 30.5 Å². The summed E-state index contributed by atoms with van der Waals surface area (Å²) in [7, 11) is 0. The number of nitrogens with one attached hydrogen (secondary N) is 1. The van der Waals surface area contributed by atoms with Crippen molar-refractivity contribution in [3.63, 3.8) is 0 Å². The molecule has 0 radical (unpaired) electrons. The van der Waals surface area contributed by atoms with Gasteiger partial charge in [-0.15, -0.1) is 24.2 Å². The highest BCUT2D eigenvalue weighted by molar-refractivity contribution is 8.00. The van der Waals surface area contributed by atoms with Crippen molar-refractivity contribution in [1.82, 2.24) is 10.2 Å². The highest BCUT2D eigenvalue weighted by Crippen LogP contribution is 2.30. The van der Waals surface area contributed by atoms with Gasteiger partial charge in [0.1, 0.15) is 0 Å². The van der Waals surface area contributed by atoms with Gasteiger partial charge in [-0.1, -0.05) is 0 Å². The first kappa shape index (κ1) is 14.5. The van der Waals surface area contributed by atoms with E-state index in [1.165, 1.54) is 0 Å². The van der Waals surface area contributed by atoms with Crippen molar-refractivity contribution >= 4 is 41.8 Å². The molecule has 2 saturated heterocycles. The summed E-state index contributed by atoms with van der Waals surface area (Å²) < 4.78 is 0.222. The summed E-state index contributed by atoms with van der Waals surface area (Å²) in [6, 6.07) is 0.0638. The number of halogens is 1. The number of amides is 1. The molecule has 6 heteroatoms. The molecule has 2 rings (SSSR count). The third-order valence-corrected chi connectivity index (χ3v) is 4.99. The molecule has 0 spiro atoms. The van der Waals surface area contributed by atoms with Crippen LogP contribution in [0.2, 0.25) is 0 Å². The van der Waals surface area contributed by atoms with Crippen LogP contribution in [0, 0.1) is 0 Å². The molecule has 1 amide bonds. The molecular formula is C10H19ClN2OS2. The molecule has 0 saturated carbocycles. The van der Waals surface area contributed by atoms with Crippen molar-refractivity contribution in [2.24, 2.45) is 0 Å². The van der Waals surface area contributed by atoms with Crippen molar-refractivity contribution in [1.29, 1.82) is 0 Å². The fourth-order valence-electron chi connectivity index (χ4n) is 1.98. The van der Waals surface area contributed by atoms with Crippen molar-refractivity contribution in [3.8, 4) is 0 Å². The van der Waals surface area contributed by atoms with Gasteiger partial charge in [-0.05, 0) is 13.8 Å². The summed E-state index contributed by atoms with van der Waals surface area (Å²) in [5.74, 6) is 3.22. The fourth-order valence-corrected chi connectivity index (χ4v) is 4.02. The molecule has 0 aliphatic carbocycles. The SMILES string of the molecule is CC1(C)CN(C(=O)C2CSCN2)CCS1.Cl. The van der Waals surface area contributed by atoms with Gasteiger partial charge in [-0.3, -0.25) is 10.1 Å². The van der Waals surface area contributed by atoms with Crippen LogP contribution in [0.4, 0.5) is 0 Å². The summed E-state index contributed by atoms with van der Waals surface area (Å²) in [6.45, 7) is 6.23. The first-order valence-corrected chi connectivity index (χ1v) is 7.46. The van der Waals surface area contributed by atoms with E-state index in [0.29, 0.717) is 5.91 Å². The monoisotopic (exact) mass is 282 g/mol. The van der Waals surface area contributed by atoms with Crippen LogP contribution in [0.15, 0.2) is 0 Å². The standard InChI is InChI=1S/C10H18N2OS2.ClH/c1-10(2)6-12(3-4-15-10)9(13)8-5-14-7-11-8;/h8,11H,3-7H2,1-2H3;1H. The van der Waals surface area contributed by atoms with Crippen LogP contribution in [-0.2, 0) is 4.79 Å². The Hall–Kier alpha value is 0.420. The number of nitrogens with zero attached hydrogens (tertiary/aromatic N) is 1. The first-order valence-electron chi connectivity index (χ1n) is 5.32. The molecule has 2 heterocycles. The van der Waals surface area contributed by atoms with Gasteiger partial charge in [0.2, 0.25) is 5.91 Å². The highest BCUT2D eigenvalue weighted by atomic mass is 35.5. The van der Waals surface area contributed by atoms with E-state index < -0.39 is 0 Å². The lowest BCUT2D eigenvalue weighted by atomic mass is 10.1. The van der Waals surface area contributed by atoms with Gasteiger partial charge in [0.25, 0.3) is 0 Å². The Bertz CT molecular complexity index is 257. The fraction of sp³-hybridized carbons (Fsp3) is 0.900. The Morgan fingerprint density at radius 2 is 2.25 bits per heavy atom. The van der Waals surface area contributed by atoms with Gasteiger partial charge >= 0.3 is 0 Å². The molecule has 2 aliphatic rings. The number of hydrogen-bond acceptors (Lipinski definition) is 4. The topological polar surface area (TPSA) is 32.3 Å². The second-order valence-electron chi connectivity index (χ2n) is 4.64. The molecule has 1 N–H and O–H groups in total. The summed E-state index contributed by atoms with van der Waals surface area (Å²) >= 11 is 3.78. The first-order chi connectivity index (χ1) is 7.08. The summed E-state index contributed by atoms with van der Waals surface area (Å²) in [4.78, 5) is 14.2. The van der Waals surface area contributed by atoms with E-state index in [1.54, 1.807) is 0 Å². The highest BCUT2D eigenvalue weighted by Gasteiger charge is 2.33. The smallest absolute Gasteiger partial charge is 0.240 e. The maximum absolute atomic E-state index is 12.1. The van der Waals surface area contributed by atoms with Crippen molar-refractivity contribution in [3.05, 3.63) is 0 Å². The molecule has 0 aromatic carbocycles.